The molecule has 2 aromatic carbocycles. The van der Waals surface area contributed by atoms with Gasteiger partial charge in [-0.2, -0.15) is 0 Å². The number of aromatic nitrogens is 5. The topological polar surface area (TPSA) is 117 Å². The molecule has 1 amide bonds. The smallest absolute Gasteiger partial charge is 0.420 e. The number of nitrogens with zero attached hydrogens (tertiary/aromatic N) is 5. The van der Waals surface area contributed by atoms with E-state index in [4.69, 9.17) is 9.15 Å². The van der Waals surface area contributed by atoms with Crippen LogP contribution in [0.1, 0.15) is 11.4 Å². The summed E-state index contributed by atoms with van der Waals surface area (Å²) in [6.45, 7) is 3.73. The Morgan fingerprint density at radius 2 is 1.85 bits per heavy atom. The molecule has 5 aromatic rings. The van der Waals surface area contributed by atoms with E-state index >= 15 is 0 Å². The van der Waals surface area contributed by atoms with Crippen molar-refractivity contribution >= 4 is 22.7 Å². The highest BCUT2D eigenvalue weighted by Gasteiger charge is 2.13. The van der Waals surface area contributed by atoms with Gasteiger partial charge in [-0.15, -0.1) is 0 Å². The van der Waals surface area contributed by atoms with Crippen LogP contribution >= 0.6 is 0 Å². The number of oxazole rings is 1. The second kappa shape index (κ2) is 8.66. The average Bonchev–Trinajstić information content (AvgIpc) is 3.33. The summed E-state index contributed by atoms with van der Waals surface area (Å²) in [5.41, 5.74) is 3.47. The molecule has 0 saturated heterocycles. The molecular weight excluding hydrogens is 436 g/mol. The van der Waals surface area contributed by atoms with Crippen LogP contribution in [0.4, 0.5) is 5.69 Å². The highest BCUT2D eigenvalue weighted by atomic mass is 16.5. The second-order valence-electron chi connectivity index (χ2n) is 7.60. The van der Waals surface area contributed by atoms with Gasteiger partial charge in [-0.25, -0.2) is 19.7 Å². The second-order valence-corrected chi connectivity index (χ2v) is 7.60. The molecule has 170 valence electrons. The minimum absolute atomic E-state index is 0.162. The van der Waals surface area contributed by atoms with Gasteiger partial charge in [0.25, 0.3) is 0 Å². The molecule has 0 spiro atoms. The Balaban J connectivity index is 1.26. The number of carbonyl (C=O) groups excluding carboxylic acids is 1. The molecule has 3 aromatic heterocycles. The maximum Gasteiger partial charge on any atom is 0.420 e. The van der Waals surface area contributed by atoms with Gasteiger partial charge in [0.05, 0.1) is 11.2 Å². The van der Waals surface area contributed by atoms with Crippen LogP contribution in [-0.4, -0.2) is 30.0 Å². The number of fused-ring (bicyclic) bond motifs is 1. The van der Waals surface area contributed by atoms with Crippen molar-refractivity contribution in [3.63, 3.8) is 0 Å². The number of hydrogen-bond acceptors (Lipinski definition) is 7. The number of rotatable bonds is 6. The maximum atomic E-state index is 12.5. The van der Waals surface area contributed by atoms with Crippen LogP contribution in [0.3, 0.4) is 0 Å². The first-order valence-corrected chi connectivity index (χ1v) is 10.5. The van der Waals surface area contributed by atoms with Crippen LogP contribution in [0.2, 0.25) is 0 Å². The first kappa shape index (κ1) is 21.1. The Hall–Kier alpha value is -4.73. The number of amides is 1. The lowest BCUT2D eigenvalue weighted by molar-refractivity contribution is -0.116. The number of benzene rings is 2. The summed E-state index contributed by atoms with van der Waals surface area (Å²) in [5.74, 6) is 0.630. The number of nitrogens with one attached hydrogen (secondary N) is 1. The van der Waals surface area contributed by atoms with Gasteiger partial charge in [0.2, 0.25) is 11.8 Å². The Morgan fingerprint density at radius 1 is 1.06 bits per heavy atom. The van der Waals surface area contributed by atoms with Gasteiger partial charge < -0.3 is 14.5 Å². The Kier molecular flexibility index (Phi) is 5.38. The third-order valence-corrected chi connectivity index (χ3v) is 5.36. The van der Waals surface area contributed by atoms with Crippen LogP contribution in [0.15, 0.2) is 76.5 Å². The van der Waals surface area contributed by atoms with E-state index in [2.05, 4.69) is 20.3 Å². The zero-order valence-corrected chi connectivity index (χ0v) is 18.4. The molecule has 5 rings (SSSR count). The van der Waals surface area contributed by atoms with E-state index in [0.717, 1.165) is 11.4 Å². The molecule has 0 saturated carbocycles. The van der Waals surface area contributed by atoms with Crippen molar-refractivity contribution in [2.45, 2.75) is 20.4 Å². The largest absolute Gasteiger partial charge is 0.439 e. The van der Waals surface area contributed by atoms with Gasteiger partial charge in [-0.3, -0.25) is 13.9 Å². The summed E-state index contributed by atoms with van der Waals surface area (Å²) in [4.78, 5) is 37.3. The Labute approximate surface area is 193 Å². The molecule has 0 fully saturated rings. The minimum Gasteiger partial charge on any atom is -0.439 e. The van der Waals surface area contributed by atoms with Crippen LogP contribution in [0.25, 0.3) is 16.9 Å². The zero-order chi connectivity index (χ0) is 23.7. The summed E-state index contributed by atoms with van der Waals surface area (Å²) >= 11 is 0. The molecule has 0 aliphatic heterocycles. The fourth-order valence-corrected chi connectivity index (χ4v) is 3.48. The van der Waals surface area contributed by atoms with E-state index in [9.17, 15) is 9.59 Å². The third-order valence-electron chi connectivity index (χ3n) is 5.36. The number of para-hydroxylation sites is 2. The molecule has 0 atom stereocenters. The monoisotopic (exact) mass is 456 g/mol. The lowest BCUT2D eigenvalue weighted by atomic mass is 10.3. The summed E-state index contributed by atoms with van der Waals surface area (Å²) in [5, 5.41) is 2.77. The number of ether oxygens (including phenoxy) is 1. The quantitative estimate of drug-likeness (QED) is 0.415. The number of hydrogen-bond donors (Lipinski definition) is 1. The molecule has 34 heavy (non-hydrogen) atoms. The Morgan fingerprint density at radius 3 is 2.62 bits per heavy atom. The number of aryl methyl sites for hydroxylation is 1. The van der Waals surface area contributed by atoms with E-state index < -0.39 is 5.76 Å². The van der Waals surface area contributed by atoms with E-state index in [1.165, 1.54) is 10.9 Å². The molecule has 10 heteroatoms. The van der Waals surface area contributed by atoms with Crippen LogP contribution in [0.5, 0.6) is 11.6 Å². The number of imidazole rings is 1. The SMILES string of the molecule is Cc1ncn(-c2cc(Oc3ccc(NC(=O)Cn4c(=O)oc5ccccc54)cc3)ncn2)c1C. The zero-order valence-electron chi connectivity index (χ0n) is 18.4. The van der Waals surface area contributed by atoms with E-state index in [-0.39, 0.29) is 12.5 Å². The van der Waals surface area contributed by atoms with Gasteiger partial charge >= 0.3 is 5.76 Å². The highest BCUT2D eigenvalue weighted by Crippen LogP contribution is 2.23. The van der Waals surface area contributed by atoms with Gasteiger partial charge in [-0.1, -0.05) is 12.1 Å². The number of carbonyl (C=O) groups is 1. The van der Waals surface area contributed by atoms with Gasteiger partial charge in [0, 0.05) is 17.4 Å². The van der Waals surface area contributed by atoms with Crippen LogP contribution in [0, 0.1) is 13.8 Å². The fraction of sp³-hybridized carbons (Fsp3) is 0.125. The van der Waals surface area contributed by atoms with Crippen molar-refractivity contribution in [3.05, 3.63) is 89.2 Å². The normalized spacial score (nSPS) is 11.0. The highest BCUT2D eigenvalue weighted by molar-refractivity contribution is 5.91. The van der Waals surface area contributed by atoms with Crippen molar-refractivity contribution in [2.75, 3.05) is 5.32 Å². The Bertz CT molecular complexity index is 1550. The predicted octanol–water partition coefficient (Wildman–Crippen LogP) is 3.62. The summed E-state index contributed by atoms with van der Waals surface area (Å²) in [7, 11) is 0. The predicted molar refractivity (Wildman–Crippen MR) is 124 cm³/mol. The summed E-state index contributed by atoms with van der Waals surface area (Å²) < 4.78 is 14.2. The average molecular weight is 456 g/mol. The molecule has 0 aliphatic carbocycles. The molecule has 0 aliphatic rings. The van der Waals surface area contributed by atoms with E-state index in [1.807, 2.05) is 18.4 Å². The lowest BCUT2D eigenvalue weighted by Crippen LogP contribution is -2.24. The molecule has 0 unspecified atom stereocenters. The number of anilines is 1. The van der Waals surface area contributed by atoms with Crippen molar-refractivity contribution < 1.29 is 13.9 Å². The standard InChI is InChI=1S/C24H20N6O4/c1-15-16(2)30(14-27-15)21-11-23(26-13-25-21)33-18-9-7-17(8-10-18)28-22(31)12-29-19-5-3-4-6-20(19)34-24(29)32/h3-11,13-14H,12H2,1-2H3,(H,28,31). The molecule has 10 nitrogen and oxygen atoms in total. The first-order chi connectivity index (χ1) is 16.5. The fourth-order valence-electron chi connectivity index (χ4n) is 3.48. The van der Waals surface area contributed by atoms with E-state index in [1.54, 1.807) is 60.9 Å². The molecule has 3 heterocycles. The van der Waals surface area contributed by atoms with Gasteiger partial charge in [-0.05, 0) is 50.2 Å². The maximum absolute atomic E-state index is 12.5. The van der Waals surface area contributed by atoms with Crippen molar-refractivity contribution in [2.24, 2.45) is 0 Å². The van der Waals surface area contributed by atoms with Gasteiger partial charge in [0.15, 0.2) is 5.58 Å². The summed E-state index contributed by atoms with van der Waals surface area (Å²) in [6.07, 6.45) is 3.13. The minimum atomic E-state index is -0.578. The lowest BCUT2D eigenvalue weighted by Gasteiger charge is -2.09. The first-order valence-electron chi connectivity index (χ1n) is 10.5. The molecule has 0 bridgehead atoms. The van der Waals surface area contributed by atoms with Crippen molar-refractivity contribution in [1.29, 1.82) is 0 Å². The molecule has 1 N–H and O–H groups in total. The van der Waals surface area contributed by atoms with E-state index in [0.29, 0.717) is 34.2 Å². The van der Waals surface area contributed by atoms with Gasteiger partial charge in [0.1, 0.15) is 30.8 Å². The molecular formula is C24H20N6O4. The summed E-state index contributed by atoms with van der Waals surface area (Å²) in [6, 6.07) is 15.5. The van der Waals surface area contributed by atoms with Crippen LogP contribution in [-0.2, 0) is 11.3 Å². The van der Waals surface area contributed by atoms with Crippen molar-refractivity contribution in [3.8, 4) is 17.4 Å². The third kappa shape index (κ3) is 4.16. The van der Waals surface area contributed by atoms with Crippen LogP contribution < -0.4 is 15.8 Å². The van der Waals surface area contributed by atoms with Crippen molar-refractivity contribution in [1.82, 2.24) is 24.1 Å². The molecule has 0 radical (unpaired) electrons.